The number of hydrogen-bond donors (Lipinski definition) is 1. The molecule has 15 heavy (non-hydrogen) atoms. The van der Waals surface area contributed by atoms with E-state index in [1.54, 1.807) is 0 Å². The fourth-order valence-electron chi connectivity index (χ4n) is 0.911. The lowest BCUT2D eigenvalue weighted by molar-refractivity contribution is 0.544. The largest absolute Gasteiger partial charge is 0.261 e. The van der Waals surface area contributed by atoms with Gasteiger partial charge in [0.2, 0.25) is 5.03 Å². The summed E-state index contributed by atoms with van der Waals surface area (Å²) in [4.78, 5) is 3.47. The number of rotatable bonds is 5. The predicted octanol–water partition coefficient (Wildman–Crippen LogP) is 1.13. The van der Waals surface area contributed by atoms with E-state index in [2.05, 4.69) is 9.71 Å². The van der Waals surface area contributed by atoms with Gasteiger partial charge >= 0.3 is 0 Å². The number of aromatic nitrogens is 1. The molecular formula is C8H10ClFN2O2S. The van der Waals surface area contributed by atoms with E-state index in [9.17, 15) is 12.8 Å². The Labute approximate surface area is 92.5 Å². The lowest BCUT2D eigenvalue weighted by Gasteiger charge is -2.05. The van der Waals surface area contributed by atoms with Crippen LogP contribution >= 0.6 is 11.6 Å². The minimum atomic E-state index is -3.86. The molecule has 84 valence electrons. The molecule has 0 bridgehead atoms. The molecule has 0 amide bonds. The second-order valence-electron chi connectivity index (χ2n) is 2.73. The van der Waals surface area contributed by atoms with E-state index in [0.29, 0.717) is 12.3 Å². The van der Waals surface area contributed by atoms with Gasteiger partial charge in [-0.25, -0.2) is 22.5 Å². The quantitative estimate of drug-likeness (QED) is 0.631. The molecule has 1 heterocycles. The van der Waals surface area contributed by atoms with Crippen molar-refractivity contribution in [3.8, 4) is 0 Å². The fraction of sp³-hybridized carbons (Fsp3) is 0.375. The Hall–Kier alpha value is -0.720. The third kappa shape index (κ3) is 3.40. The van der Waals surface area contributed by atoms with Gasteiger partial charge in [0, 0.05) is 18.6 Å². The summed E-state index contributed by atoms with van der Waals surface area (Å²) in [7, 11) is -3.86. The van der Waals surface area contributed by atoms with Crippen LogP contribution in [0.1, 0.15) is 6.42 Å². The number of sulfonamides is 1. The highest BCUT2D eigenvalue weighted by atomic mass is 35.5. The minimum Gasteiger partial charge on any atom is -0.241 e. The molecule has 0 aliphatic carbocycles. The molecule has 1 rings (SSSR count). The van der Waals surface area contributed by atoms with E-state index >= 15 is 0 Å². The molecule has 7 heteroatoms. The van der Waals surface area contributed by atoms with Crippen LogP contribution in [0.25, 0.3) is 0 Å². The SMILES string of the molecule is O=S(=O)(NCCCCl)c1ncccc1F. The zero-order valence-corrected chi connectivity index (χ0v) is 9.35. The standard InChI is InChI=1S/C8H10ClFN2O2S/c9-4-2-6-12-15(13,14)8-7(10)3-1-5-11-8/h1,3,5,12H,2,4,6H2. The van der Waals surface area contributed by atoms with E-state index in [1.165, 1.54) is 12.3 Å². The molecule has 0 unspecified atom stereocenters. The average molecular weight is 253 g/mol. The van der Waals surface area contributed by atoms with Gasteiger partial charge in [0.25, 0.3) is 10.0 Å². The third-order valence-corrected chi connectivity index (χ3v) is 3.24. The number of pyridine rings is 1. The summed E-state index contributed by atoms with van der Waals surface area (Å²) in [5.41, 5.74) is 0. The highest BCUT2D eigenvalue weighted by Gasteiger charge is 2.19. The predicted molar refractivity (Wildman–Crippen MR) is 54.7 cm³/mol. The van der Waals surface area contributed by atoms with Gasteiger partial charge in [-0.05, 0) is 18.6 Å². The van der Waals surface area contributed by atoms with Gasteiger partial charge in [0.15, 0.2) is 5.82 Å². The van der Waals surface area contributed by atoms with E-state index in [0.717, 1.165) is 6.07 Å². The second kappa shape index (κ2) is 5.39. The van der Waals surface area contributed by atoms with Crippen molar-refractivity contribution in [1.29, 1.82) is 0 Å². The van der Waals surface area contributed by atoms with Gasteiger partial charge in [-0.3, -0.25) is 0 Å². The molecule has 0 fully saturated rings. The van der Waals surface area contributed by atoms with Crippen LogP contribution in [0.2, 0.25) is 0 Å². The lowest BCUT2D eigenvalue weighted by Crippen LogP contribution is -2.26. The average Bonchev–Trinajstić information content (AvgIpc) is 2.18. The molecule has 1 N–H and O–H groups in total. The number of hydrogen-bond acceptors (Lipinski definition) is 3. The summed E-state index contributed by atoms with van der Waals surface area (Å²) in [6.45, 7) is 0.168. The molecule has 0 saturated heterocycles. The first-order valence-corrected chi connectivity index (χ1v) is 6.26. The maximum atomic E-state index is 13.1. The molecule has 0 radical (unpaired) electrons. The van der Waals surface area contributed by atoms with Gasteiger partial charge in [-0.1, -0.05) is 0 Å². The zero-order chi connectivity index (χ0) is 11.3. The first-order valence-electron chi connectivity index (χ1n) is 4.24. The van der Waals surface area contributed by atoms with E-state index in [1.807, 2.05) is 0 Å². The van der Waals surface area contributed by atoms with Crippen LogP contribution < -0.4 is 4.72 Å². The Kier molecular flexibility index (Phi) is 4.44. The van der Waals surface area contributed by atoms with E-state index in [-0.39, 0.29) is 6.54 Å². The van der Waals surface area contributed by atoms with Crippen molar-refractivity contribution in [3.05, 3.63) is 24.1 Å². The Morgan fingerprint density at radius 2 is 2.27 bits per heavy atom. The summed E-state index contributed by atoms with van der Waals surface area (Å²) in [5.74, 6) is -0.524. The van der Waals surface area contributed by atoms with E-state index < -0.39 is 20.9 Å². The normalized spacial score (nSPS) is 11.6. The molecule has 0 saturated carbocycles. The topological polar surface area (TPSA) is 59.1 Å². The minimum absolute atomic E-state index is 0.168. The molecule has 0 atom stereocenters. The van der Waals surface area contributed by atoms with Gasteiger partial charge in [0.05, 0.1) is 0 Å². The summed E-state index contributed by atoms with van der Waals surface area (Å²) in [6.07, 6.45) is 1.70. The van der Waals surface area contributed by atoms with Gasteiger partial charge in [-0.15, -0.1) is 11.6 Å². The smallest absolute Gasteiger partial charge is 0.241 e. The molecule has 0 spiro atoms. The molecule has 1 aromatic heterocycles. The summed E-state index contributed by atoms with van der Waals surface area (Å²) in [5, 5.41) is -0.584. The van der Waals surface area contributed by atoms with Gasteiger partial charge < -0.3 is 0 Å². The number of nitrogens with one attached hydrogen (secondary N) is 1. The van der Waals surface area contributed by atoms with Crippen LogP contribution in [0.15, 0.2) is 23.4 Å². The van der Waals surface area contributed by atoms with Crippen molar-refractivity contribution in [1.82, 2.24) is 9.71 Å². The second-order valence-corrected chi connectivity index (χ2v) is 4.79. The van der Waals surface area contributed by atoms with Gasteiger partial charge in [-0.2, -0.15) is 0 Å². The molecular weight excluding hydrogens is 243 g/mol. The number of halogens is 2. The zero-order valence-electron chi connectivity index (χ0n) is 7.78. The molecule has 0 aliphatic rings. The van der Waals surface area contributed by atoms with Crippen LogP contribution in [0.5, 0.6) is 0 Å². The van der Waals surface area contributed by atoms with E-state index in [4.69, 9.17) is 11.6 Å². The molecule has 1 aromatic rings. The fourth-order valence-corrected chi connectivity index (χ4v) is 2.12. The van der Waals surface area contributed by atoms with Crippen molar-refractivity contribution >= 4 is 21.6 Å². The highest BCUT2D eigenvalue weighted by molar-refractivity contribution is 7.89. The van der Waals surface area contributed by atoms with Crippen LogP contribution in [-0.4, -0.2) is 25.8 Å². The van der Waals surface area contributed by atoms with Crippen LogP contribution in [-0.2, 0) is 10.0 Å². The molecule has 0 aliphatic heterocycles. The van der Waals surface area contributed by atoms with Crippen LogP contribution in [0.4, 0.5) is 4.39 Å². The van der Waals surface area contributed by atoms with Crippen molar-refractivity contribution in [3.63, 3.8) is 0 Å². The number of nitrogens with zero attached hydrogens (tertiary/aromatic N) is 1. The first-order chi connectivity index (χ1) is 7.08. The Morgan fingerprint density at radius 1 is 1.53 bits per heavy atom. The monoisotopic (exact) mass is 252 g/mol. The van der Waals surface area contributed by atoms with Gasteiger partial charge in [0.1, 0.15) is 0 Å². The third-order valence-electron chi connectivity index (χ3n) is 1.58. The maximum absolute atomic E-state index is 13.1. The van der Waals surface area contributed by atoms with Crippen molar-refractivity contribution in [2.45, 2.75) is 11.4 Å². The van der Waals surface area contributed by atoms with Crippen molar-refractivity contribution in [2.24, 2.45) is 0 Å². The summed E-state index contributed by atoms with van der Waals surface area (Å²) < 4.78 is 38.2. The highest BCUT2D eigenvalue weighted by Crippen LogP contribution is 2.09. The molecule has 4 nitrogen and oxygen atoms in total. The van der Waals surface area contributed by atoms with Crippen LogP contribution in [0.3, 0.4) is 0 Å². The summed E-state index contributed by atoms with van der Waals surface area (Å²) >= 11 is 5.38. The lowest BCUT2D eigenvalue weighted by atomic mass is 10.5. The molecule has 0 aromatic carbocycles. The first kappa shape index (κ1) is 12.4. The summed E-state index contributed by atoms with van der Waals surface area (Å²) in [6, 6.07) is 2.37. The maximum Gasteiger partial charge on any atom is 0.261 e. The number of alkyl halides is 1. The Morgan fingerprint density at radius 3 is 2.87 bits per heavy atom. The van der Waals surface area contributed by atoms with Crippen molar-refractivity contribution < 1.29 is 12.8 Å². The Bertz CT molecular complexity index is 424. The van der Waals surface area contributed by atoms with Crippen molar-refractivity contribution in [2.75, 3.05) is 12.4 Å². The Balaban J connectivity index is 2.83. The van der Waals surface area contributed by atoms with Crippen LogP contribution in [0, 0.1) is 5.82 Å².